The first-order valence-corrected chi connectivity index (χ1v) is 21.0. The van der Waals surface area contributed by atoms with E-state index in [0.717, 1.165) is 90.6 Å². The maximum Gasteiger partial charge on any atom is 0.319 e. The van der Waals surface area contributed by atoms with Crippen molar-refractivity contribution in [3.8, 4) is 5.75 Å². The second kappa shape index (κ2) is 14.0. The van der Waals surface area contributed by atoms with Crippen LogP contribution in [0, 0.1) is 29.6 Å². The molecule has 298 valence electrons. The molecule has 4 aliphatic heterocycles. The highest BCUT2D eigenvalue weighted by Gasteiger charge is 2.65. The molecule has 10 nitrogen and oxygen atoms in total. The van der Waals surface area contributed by atoms with Gasteiger partial charge in [-0.2, -0.15) is 0 Å². The lowest BCUT2D eigenvalue weighted by Gasteiger charge is -2.61. The normalized spacial score (nSPS) is 33.6. The first-order valence-electron chi connectivity index (χ1n) is 21.0. The van der Waals surface area contributed by atoms with Crippen LogP contribution in [-0.4, -0.2) is 97.1 Å². The van der Waals surface area contributed by atoms with Crippen LogP contribution in [0.3, 0.4) is 0 Å². The molecule has 11 atom stereocenters. The number of aromatic nitrogens is 2. The van der Waals surface area contributed by atoms with Crippen LogP contribution in [0.1, 0.15) is 93.3 Å². The summed E-state index contributed by atoms with van der Waals surface area (Å²) in [7, 11) is 6.99. The molecular formula is C46H58N4O6. The molecule has 4 fully saturated rings. The van der Waals surface area contributed by atoms with Crippen LogP contribution >= 0.6 is 0 Å². The minimum atomic E-state index is -0.861. The first-order chi connectivity index (χ1) is 27.1. The van der Waals surface area contributed by atoms with E-state index in [1.54, 1.807) is 14.0 Å². The van der Waals surface area contributed by atoms with E-state index in [1.165, 1.54) is 30.9 Å². The highest BCUT2D eigenvalue weighted by molar-refractivity contribution is 5.93. The molecule has 0 spiro atoms. The van der Waals surface area contributed by atoms with E-state index < -0.39 is 5.41 Å². The molecule has 2 aliphatic carbocycles. The summed E-state index contributed by atoms with van der Waals surface area (Å²) in [6.45, 7) is 7.90. The molecule has 1 saturated carbocycles. The number of benzene rings is 2. The molecule has 2 aromatic heterocycles. The van der Waals surface area contributed by atoms with Crippen molar-refractivity contribution in [1.29, 1.82) is 0 Å². The molecule has 2 unspecified atom stereocenters. The van der Waals surface area contributed by atoms with E-state index >= 15 is 0 Å². The second-order valence-corrected chi connectivity index (χ2v) is 17.8. The van der Waals surface area contributed by atoms with Gasteiger partial charge in [-0.15, -0.1) is 0 Å². The predicted octanol–water partition coefficient (Wildman–Crippen LogP) is 6.92. The average molecular weight is 763 g/mol. The van der Waals surface area contributed by atoms with Gasteiger partial charge in [0.2, 0.25) is 0 Å². The Labute approximate surface area is 330 Å². The van der Waals surface area contributed by atoms with Crippen molar-refractivity contribution in [2.24, 2.45) is 29.6 Å². The number of ether oxygens (including phenoxy) is 3. The van der Waals surface area contributed by atoms with Gasteiger partial charge in [0.25, 0.3) is 0 Å². The quantitative estimate of drug-likeness (QED) is 0.186. The zero-order chi connectivity index (χ0) is 39.2. The fourth-order valence-corrected chi connectivity index (χ4v) is 13.1. The third-order valence-electron chi connectivity index (χ3n) is 15.4. The largest absolute Gasteiger partial charge is 0.496 e. The van der Waals surface area contributed by atoms with E-state index in [9.17, 15) is 14.4 Å². The number of nitrogens with one attached hydrogen (secondary N) is 2. The van der Waals surface area contributed by atoms with E-state index in [0.29, 0.717) is 24.7 Å². The molecule has 0 radical (unpaired) electrons. The van der Waals surface area contributed by atoms with Crippen LogP contribution in [0.15, 0.2) is 36.4 Å². The Morgan fingerprint density at radius 1 is 0.929 bits per heavy atom. The SMILES string of the molecule is CC[C@@H]1CN(C)[C@H]2Cc3c([nH]c4ccccc34)[C@H](c3cc4[nH]c5c(c4cc3OC)CCN3[C@H](CC(C)=O)C4C[C@H](CC)[C@H]3[C@@]5(C(=O)OC)C4)C[C@@H]1[C@@H]2C(=O)OC. The summed E-state index contributed by atoms with van der Waals surface area (Å²) in [5, 5.41) is 2.27. The average Bonchev–Trinajstić information content (AvgIpc) is 3.72. The molecule has 4 aromatic rings. The number of likely N-dealkylation sites (N-methyl/N-ethyl adjacent to an activating group) is 1. The smallest absolute Gasteiger partial charge is 0.319 e. The number of hydrogen-bond acceptors (Lipinski definition) is 8. The van der Waals surface area contributed by atoms with Crippen molar-refractivity contribution in [2.75, 3.05) is 41.5 Å². The Morgan fingerprint density at radius 2 is 1.71 bits per heavy atom. The van der Waals surface area contributed by atoms with Gasteiger partial charge in [-0.1, -0.05) is 44.9 Å². The number of H-pyrrole nitrogens is 2. The minimum absolute atomic E-state index is 0.0273. The number of aromatic amines is 2. The molecule has 2 N–H and O–H groups in total. The monoisotopic (exact) mass is 762 g/mol. The number of nitrogens with zero attached hydrogens (tertiary/aromatic N) is 2. The molecule has 6 heterocycles. The summed E-state index contributed by atoms with van der Waals surface area (Å²) >= 11 is 0. The Balaban J connectivity index is 1.24. The third-order valence-corrected chi connectivity index (χ3v) is 15.4. The van der Waals surface area contributed by atoms with Crippen molar-refractivity contribution >= 4 is 39.5 Å². The molecular weight excluding hydrogens is 705 g/mol. The van der Waals surface area contributed by atoms with Crippen LogP contribution in [0.25, 0.3) is 21.8 Å². The number of likely N-dealkylation sites (tertiary alicyclic amines) is 1. The standard InChI is InChI=1S/C46H58N4O6/c1-8-25-17-27-22-46(45(53)56-7)42-29(14-15-50(43(25)46)37(27)16-24(3)51)31-21-39(54-5)32(19-36(31)48-42)33-18-30-26(9-2)23-49(4)38(40(30)44(52)55-6)20-34-28-12-10-11-13-35(28)47-41(33)34/h10-13,19,21,25-27,30,33,37-38,40,43,47-48H,8-9,14-18,20,22-23H2,1-7H3/t25-,26+,27?,30-,33-,37+,38-,40-,43-,46+/m0/s1. The van der Waals surface area contributed by atoms with Crippen LogP contribution in [0.2, 0.25) is 0 Å². The van der Waals surface area contributed by atoms with Crippen molar-refractivity contribution in [1.82, 2.24) is 19.8 Å². The number of piperidine rings is 3. The number of carbonyl (C=O) groups excluding carboxylic acids is 3. The molecule has 10 rings (SSSR count). The van der Waals surface area contributed by atoms with E-state index in [1.807, 2.05) is 0 Å². The number of hydrogen-bond donors (Lipinski definition) is 2. The van der Waals surface area contributed by atoms with Gasteiger partial charge in [0.1, 0.15) is 16.9 Å². The van der Waals surface area contributed by atoms with E-state index in [4.69, 9.17) is 14.2 Å². The molecule has 10 heteroatoms. The zero-order valence-corrected chi connectivity index (χ0v) is 34.1. The number of fused-ring (bicyclic) bond motifs is 9. The molecule has 3 saturated heterocycles. The summed E-state index contributed by atoms with van der Waals surface area (Å²) < 4.78 is 17.8. The van der Waals surface area contributed by atoms with Crippen LogP contribution in [-0.2, 0) is 42.1 Å². The van der Waals surface area contributed by atoms with Gasteiger partial charge in [-0.3, -0.25) is 19.3 Å². The maximum atomic E-state index is 14.5. The predicted molar refractivity (Wildman–Crippen MR) is 216 cm³/mol. The Hall–Kier alpha value is -4.15. The highest BCUT2D eigenvalue weighted by atomic mass is 16.5. The minimum Gasteiger partial charge on any atom is -0.496 e. The number of methoxy groups -OCH3 is 3. The van der Waals surface area contributed by atoms with E-state index in [-0.39, 0.29) is 59.5 Å². The maximum absolute atomic E-state index is 14.5. The number of rotatable bonds is 8. The zero-order valence-electron chi connectivity index (χ0n) is 34.1. The fraction of sp³-hybridized carbons (Fsp3) is 0.587. The Morgan fingerprint density at radius 3 is 2.43 bits per heavy atom. The van der Waals surface area contributed by atoms with Gasteiger partial charge in [0, 0.05) is 82.3 Å². The van der Waals surface area contributed by atoms with Crippen molar-refractivity contribution in [3.63, 3.8) is 0 Å². The Bertz CT molecular complexity index is 2210. The lowest BCUT2D eigenvalue weighted by Crippen LogP contribution is -2.70. The summed E-state index contributed by atoms with van der Waals surface area (Å²) in [6, 6.07) is 13.1. The first kappa shape index (κ1) is 37.4. The summed E-state index contributed by atoms with van der Waals surface area (Å²) in [5.41, 5.74) is 6.88. The number of carbonyl (C=O) groups is 3. The van der Waals surface area contributed by atoms with Crippen LogP contribution in [0.4, 0.5) is 0 Å². The van der Waals surface area contributed by atoms with Gasteiger partial charge in [0.05, 0.1) is 27.2 Å². The Kier molecular flexibility index (Phi) is 9.39. The molecule has 0 amide bonds. The topological polar surface area (TPSA) is 117 Å². The molecule has 2 aromatic carbocycles. The van der Waals surface area contributed by atoms with Crippen molar-refractivity contribution < 1.29 is 28.6 Å². The van der Waals surface area contributed by atoms with Crippen LogP contribution < -0.4 is 4.74 Å². The number of ketones is 1. The van der Waals surface area contributed by atoms with Crippen molar-refractivity contribution in [3.05, 3.63) is 64.5 Å². The van der Waals surface area contributed by atoms with Gasteiger partial charge in [-0.05, 0) is 99.1 Å². The molecule has 6 bridgehead atoms. The van der Waals surface area contributed by atoms with Gasteiger partial charge < -0.3 is 29.1 Å². The molecule has 56 heavy (non-hydrogen) atoms. The van der Waals surface area contributed by atoms with E-state index in [2.05, 4.69) is 77.1 Å². The number of esters is 2. The highest BCUT2D eigenvalue weighted by Crippen LogP contribution is 2.59. The van der Waals surface area contributed by atoms with Crippen molar-refractivity contribution in [2.45, 2.75) is 102 Å². The lowest BCUT2D eigenvalue weighted by atomic mass is 9.54. The second-order valence-electron chi connectivity index (χ2n) is 17.8. The number of para-hydroxylation sites is 1. The summed E-state index contributed by atoms with van der Waals surface area (Å²) in [6.07, 6.45) is 6.43. The van der Waals surface area contributed by atoms with Gasteiger partial charge in [0.15, 0.2) is 0 Å². The lowest BCUT2D eigenvalue weighted by molar-refractivity contribution is -0.169. The fourth-order valence-electron chi connectivity index (χ4n) is 13.1. The van der Waals surface area contributed by atoms with Gasteiger partial charge >= 0.3 is 11.9 Å². The third kappa shape index (κ3) is 5.37. The molecule has 6 aliphatic rings. The summed E-state index contributed by atoms with van der Waals surface area (Å²) in [4.78, 5) is 53.7. The summed E-state index contributed by atoms with van der Waals surface area (Å²) in [5.74, 6) is 1.35. The van der Waals surface area contributed by atoms with Gasteiger partial charge in [-0.25, -0.2) is 0 Å². The van der Waals surface area contributed by atoms with Crippen LogP contribution in [0.5, 0.6) is 5.75 Å². The number of Topliss-reactive ketones (excluding diaryl/α,β-unsaturated/α-hetero) is 1.